The Kier molecular flexibility index (Phi) is 0.859. The van der Waals surface area contributed by atoms with Gasteiger partial charge in [-0.15, -0.1) is 0 Å². The first-order chi connectivity index (χ1) is 13.0. The van der Waals surface area contributed by atoms with Crippen molar-refractivity contribution in [3.63, 3.8) is 0 Å². The van der Waals surface area contributed by atoms with Gasteiger partial charge >= 0.3 is 0 Å². The highest BCUT2D eigenvalue weighted by molar-refractivity contribution is 6.24. The van der Waals surface area contributed by atoms with Crippen LogP contribution in [0.1, 0.15) is 12.3 Å². The molecule has 0 radical (unpaired) electrons. The summed E-state index contributed by atoms with van der Waals surface area (Å²) < 4.78 is 73.3. The van der Waals surface area contributed by atoms with E-state index in [1.54, 1.807) is 0 Å². The van der Waals surface area contributed by atoms with Crippen LogP contribution in [0.25, 0.3) is 32.3 Å². The summed E-state index contributed by atoms with van der Waals surface area (Å²) in [5.41, 5.74) is -0.871. The third-order valence-corrected chi connectivity index (χ3v) is 2.98. The lowest BCUT2D eigenvalue weighted by Gasteiger charge is -2.10. The summed E-state index contributed by atoms with van der Waals surface area (Å²) in [7, 11) is 0. The Balaban J connectivity index is 2.62. The van der Waals surface area contributed by atoms with Gasteiger partial charge in [-0.3, -0.25) is 10.1 Å². The lowest BCUT2D eigenvalue weighted by Crippen LogP contribution is -1.91. The highest BCUT2D eigenvalue weighted by Crippen LogP contribution is 2.38. The molecule has 4 rings (SSSR count). The van der Waals surface area contributed by atoms with Crippen molar-refractivity contribution in [2.75, 3.05) is 0 Å². The van der Waals surface area contributed by atoms with E-state index in [2.05, 4.69) is 0 Å². The largest absolute Gasteiger partial charge is 0.277 e. The molecule has 0 aromatic heterocycles. The molecular formula is C16H9NO2. The number of nitrogens with zero attached hydrogens (tertiary/aromatic N) is 1. The fourth-order valence-corrected chi connectivity index (χ4v) is 2.19. The van der Waals surface area contributed by atoms with Crippen molar-refractivity contribution in [2.24, 2.45) is 0 Å². The molecule has 0 heterocycles. The molecule has 0 N–H and O–H groups in total. The Morgan fingerprint density at radius 2 is 1.42 bits per heavy atom. The molecule has 0 aliphatic carbocycles. The lowest BCUT2D eigenvalue weighted by molar-refractivity contribution is -0.383. The summed E-state index contributed by atoms with van der Waals surface area (Å²) in [6.45, 7) is 0. The van der Waals surface area contributed by atoms with Gasteiger partial charge < -0.3 is 0 Å². The normalized spacial score (nSPS) is 18.2. The highest BCUT2D eigenvalue weighted by Gasteiger charge is 2.16. The van der Waals surface area contributed by atoms with E-state index in [-0.39, 0.29) is 26.9 Å². The molecule has 0 unspecified atom stereocenters. The summed E-state index contributed by atoms with van der Waals surface area (Å²) in [5.74, 6) is 0. The van der Waals surface area contributed by atoms with Crippen molar-refractivity contribution in [2.45, 2.75) is 0 Å². The predicted molar refractivity (Wildman–Crippen MR) is 76.8 cm³/mol. The van der Waals surface area contributed by atoms with Crippen molar-refractivity contribution in [1.29, 1.82) is 0 Å². The fraction of sp³-hybridized carbons (Fsp3) is 0. The Bertz CT molecular complexity index is 1360. The first kappa shape index (κ1) is 4.78. The van der Waals surface area contributed by atoms with Crippen LogP contribution in [0.4, 0.5) is 5.69 Å². The Labute approximate surface area is 121 Å². The van der Waals surface area contributed by atoms with Crippen LogP contribution < -0.4 is 0 Å². The fourth-order valence-electron chi connectivity index (χ4n) is 2.19. The van der Waals surface area contributed by atoms with Crippen molar-refractivity contribution in [3.05, 3.63) is 64.5 Å². The molecule has 0 fully saturated rings. The highest BCUT2D eigenvalue weighted by atomic mass is 16.6. The van der Waals surface area contributed by atoms with Gasteiger partial charge in [0.1, 0.15) is 0 Å². The molecule has 4 aromatic rings. The maximum absolute atomic E-state index is 11.6. The molecule has 0 saturated heterocycles. The van der Waals surface area contributed by atoms with Crippen molar-refractivity contribution in [3.8, 4) is 0 Å². The van der Waals surface area contributed by atoms with E-state index >= 15 is 0 Å². The molecule has 0 aliphatic heterocycles. The maximum Gasteiger partial charge on any atom is 0.277 e. The average molecular weight is 256 g/mol. The number of hydrogen-bond acceptors (Lipinski definition) is 2. The van der Waals surface area contributed by atoms with Crippen molar-refractivity contribution >= 4 is 38.0 Å². The lowest BCUT2D eigenvalue weighted by atomic mass is 9.94. The molecule has 0 atom stereocenters. The van der Waals surface area contributed by atoms with Crippen LogP contribution >= 0.6 is 0 Å². The van der Waals surface area contributed by atoms with Gasteiger partial charge in [-0.25, -0.2) is 0 Å². The van der Waals surface area contributed by atoms with E-state index in [1.807, 2.05) is 0 Å². The Morgan fingerprint density at radius 1 is 0.842 bits per heavy atom. The Morgan fingerprint density at radius 3 is 2.11 bits per heavy atom. The molecule has 0 aliphatic rings. The first-order valence-electron chi connectivity index (χ1n) is 9.84. The molecule has 3 heteroatoms. The quantitative estimate of drug-likeness (QED) is 0.286. The second kappa shape index (κ2) is 3.42. The van der Waals surface area contributed by atoms with Gasteiger partial charge in [-0.05, 0) is 33.6 Å². The number of hydrogen-bond donors (Lipinski definition) is 0. The van der Waals surface area contributed by atoms with E-state index in [0.717, 1.165) is 0 Å². The molecule has 19 heavy (non-hydrogen) atoms. The predicted octanol–water partition coefficient (Wildman–Crippen LogP) is 4.49. The average Bonchev–Trinajstić information content (AvgIpc) is 2.63. The summed E-state index contributed by atoms with van der Waals surface area (Å²) in [5, 5.41) is 10.1. The van der Waals surface area contributed by atoms with Gasteiger partial charge in [0, 0.05) is 11.4 Å². The molecular weight excluding hydrogens is 238 g/mol. The molecule has 90 valence electrons. The van der Waals surface area contributed by atoms with Crippen LogP contribution in [-0.2, 0) is 0 Å². The van der Waals surface area contributed by atoms with Gasteiger partial charge in [-0.1, -0.05) is 36.3 Å². The van der Waals surface area contributed by atoms with Crippen LogP contribution in [0.15, 0.2) is 54.4 Å². The molecule has 0 saturated carbocycles. The standard InChI is InChI=1S/C16H9NO2/c18-17(19)14-9-7-12-5-4-10-2-1-3-11-6-8-13(14)16(12)15(10)11/h1-9H/i1D,2D,3D,4D,5D,6D,7D,8D,9D. The minimum Gasteiger partial charge on any atom is -0.258 e. The van der Waals surface area contributed by atoms with Gasteiger partial charge in [0.15, 0.2) is 0 Å². The summed E-state index contributed by atoms with van der Waals surface area (Å²) in [4.78, 5) is 10.7. The van der Waals surface area contributed by atoms with E-state index in [1.165, 1.54) is 0 Å². The van der Waals surface area contributed by atoms with Crippen LogP contribution in [0, 0.1) is 10.1 Å². The SMILES string of the molecule is [2H]c1c([2H])c2c([2H])c([2H])c3c([2H])c([2H])c([N+](=O)[O-])c4c([2H])c([2H])c(c1[2H])c2c34. The van der Waals surface area contributed by atoms with Crippen molar-refractivity contribution < 1.29 is 17.3 Å². The number of nitro groups is 1. The zero-order valence-corrected chi connectivity index (χ0v) is 9.26. The number of rotatable bonds is 1. The van der Waals surface area contributed by atoms with Crippen LogP contribution in [0.5, 0.6) is 0 Å². The van der Waals surface area contributed by atoms with E-state index in [0.29, 0.717) is 0 Å². The van der Waals surface area contributed by atoms with Gasteiger partial charge in [0.25, 0.3) is 5.69 Å². The molecule has 0 bridgehead atoms. The van der Waals surface area contributed by atoms with Crippen LogP contribution in [0.3, 0.4) is 0 Å². The van der Waals surface area contributed by atoms with Gasteiger partial charge in [0.2, 0.25) is 0 Å². The second-order valence-corrected chi connectivity index (χ2v) is 3.98. The van der Waals surface area contributed by atoms with Crippen LogP contribution in [0.2, 0.25) is 0 Å². The number of benzene rings is 4. The maximum atomic E-state index is 11.6. The molecule has 3 nitrogen and oxygen atoms in total. The molecule has 0 amide bonds. The second-order valence-electron chi connectivity index (χ2n) is 3.98. The minimum atomic E-state index is -0.936. The zero-order chi connectivity index (χ0) is 20.8. The topological polar surface area (TPSA) is 43.1 Å². The van der Waals surface area contributed by atoms with Crippen LogP contribution in [-0.4, -0.2) is 4.92 Å². The summed E-state index contributed by atoms with van der Waals surface area (Å²) >= 11 is 0. The van der Waals surface area contributed by atoms with Gasteiger partial charge in [-0.2, -0.15) is 0 Å². The summed E-state index contributed by atoms with van der Waals surface area (Å²) in [6, 6.07) is -5.54. The van der Waals surface area contributed by atoms with E-state index < -0.39 is 70.4 Å². The minimum absolute atomic E-state index is 0.102. The molecule has 0 spiro atoms. The summed E-state index contributed by atoms with van der Waals surface area (Å²) in [6.07, 6.45) is 0. The monoisotopic (exact) mass is 256 g/mol. The smallest absolute Gasteiger partial charge is 0.258 e. The third kappa shape index (κ3) is 1.27. The zero-order valence-electron chi connectivity index (χ0n) is 18.3. The van der Waals surface area contributed by atoms with Gasteiger partial charge in [0.05, 0.1) is 22.6 Å². The number of nitro benzene ring substituents is 1. The van der Waals surface area contributed by atoms with E-state index in [4.69, 9.17) is 12.3 Å². The Hall–Kier alpha value is -2.68. The molecule has 4 aromatic carbocycles. The van der Waals surface area contributed by atoms with Crippen molar-refractivity contribution in [1.82, 2.24) is 0 Å². The third-order valence-electron chi connectivity index (χ3n) is 2.98. The first-order valence-corrected chi connectivity index (χ1v) is 5.34. The van der Waals surface area contributed by atoms with E-state index in [9.17, 15) is 10.1 Å².